The molecule has 92 valence electrons. The fourth-order valence-corrected chi connectivity index (χ4v) is 2.88. The van der Waals surface area contributed by atoms with Crippen molar-refractivity contribution in [1.29, 1.82) is 0 Å². The molecule has 0 unspecified atom stereocenters. The van der Waals surface area contributed by atoms with Crippen molar-refractivity contribution in [2.24, 2.45) is 5.41 Å². The number of nitrogens with one attached hydrogen (secondary N) is 1. The van der Waals surface area contributed by atoms with E-state index in [9.17, 15) is 0 Å². The first-order chi connectivity index (χ1) is 8.31. The molecular weight excluding hydrogens is 210 g/mol. The van der Waals surface area contributed by atoms with Gasteiger partial charge in [-0.25, -0.2) is 0 Å². The lowest BCUT2D eigenvalue weighted by molar-refractivity contribution is 0.126. The molecule has 0 amide bonds. The monoisotopic (exact) mass is 231 g/mol. The molecule has 1 aromatic rings. The highest BCUT2D eigenvalue weighted by molar-refractivity contribution is 5.45. The van der Waals surface area contributed by atoms with Crippen molar-refractivity contribution in [2.75, 3.05) is 31.1 Å². The van der Waals surface area contributed by atoms with E-state index in [1.54, 1.807) is 0 Å². The largest absolute Gasteiger partial charge is 0.370 e. The third-order valence-electron chi connectivity index (χ3n) is 4.36. The van der Waals surface area contributed by atoms with Crippen molar-refractivity contribution in [3.8, 4) is 0 Å². The summed E-state index contributed by atoms with van der Waals surface area (Å²) >= 11 is 0. The zero-order chi connectivity index (χ0) is 11.7. The summed E-state index contributed by atoms with van der Waals surface area (Å²) in [4.78, 5) is 6.97. The van der Waals surface area contributed by atoms with E-state index in [-0.39, 0.29) is 0 Å². The highest BCUT2D eigenvalue weighted by Crippen LogP contribution is 2.36. The average molecular weight is 231 g/mol. The zero-order valence-corrected chi connectivity index (χ0v) is 10.6. The SMILES string of the molecule is CCc1ccc(N2CCC3(CC2)CNC3)cn1. The minimum absolute atomic E-state index is 0.632. The zero-order valence-electron chi connectivity index (χ0n) is 10.6. The maximum Gasteiger partial charge on any atom is 0.0552 e. The molecule has 0 saturated carbocycles. The maximum absolute atomic E-state index is 4.49. The third kappa shape index (κ3) is 2.04. The summed E-state index contributed by atoms with van der Waals surface area (Å²) in [6.07, 6.45) is 5.72. The minimum atomic E-state index is 0.632. The van der Waals surface area contributed by atoms with Gasteiger partial charge in [-0.3, -0.25) is 4.98 Å². The van der Waals surface area contributed by atoms with Gasteiger partial charge in [-0.1, -0.05) is 6.92 Å². The van der Waals surface area contributed by atoms with E-state index < -0.39 is 0 Å². The number of piperidine rings is 1. The van der Waals surface area contributed by atoms with Crippen molar-refractivity contribution in [3.63, 3.8) is 0 Å². The van der Waals surface area contributed by atoms with Crippen LogP contribution >= 0.6 is 0 Å². The number of aryl methyl sites for hydroxylation is 1. The van der Waals surface area contributed by atoms with Crippen LogP contribution in [0.15, 0.2) is 18.3 Å². The maximum atomic E-state index is 4.49. The molecule has 0 aliphatic carbocycles. The van der Waals surface area contributed by atoms with Crippen LogP contribution in [0.3, 0.4) is 0 Å². The lowest BCUT2D eigenvalue weighted by Gasteiger charge is -2.48. The van der Waals surface area contributed by atoms with Gasteiger partial charge in [0.05, 0.1) is 11.9 Å². The summed E-state index contributed by atoms with van der Waals surface area (Å²) in [5.41, 5.74) is 3.11. The van der Waals surface area contributed by atoms with Crippen LogP contribution in [0.1, 0.15) is 25.5 Å². The molecule has 3 heteroatoms. The second-order valence-electron chi connectivity index (χ2n) is 5.45. The van der Waals surface area contributed by atoms with Crippen LogP contribution in [0.2, 0.25) is 0 Å². The number of anilines is 1. The van der Waals surface area contributed by atoms with Crippen LogP contribution in [-0.4, -0.2) is 31.2 Å². The predicted octanol–water partition coefficient (Wildman–Crippen LogP) is 1.83. The Kier molecular flexibility index (Phi) is 2.79. The van der Waals surface area contributed by atoms with E-state index in [1.165, 1.54) is 50.4 Å². The van der Waals surface area contributed by atoms with Crippen LogP contribution in [0.4, 0.5) is 5.69 Å². The number of rotatable bonds is 2. The molecule has 2 saturated heterocycles. The molecule has 0 radical (unpaired) electrons. The Balaban J connectivity index is 1.65. The normalized spacial score (nSPS) is 22.5. The molecule has 0 atom stereocenters. The molecule has 1 spiro atoms. The standard InChI is InChI=1S/C14H21N3/c1-2-12-3-4-13(9-16-12)17-7-5-14(6-8-17)10-15-11-14/h3-4,9,15H,2,5-8,10-11H2,1H3. The van der Waals surface area contributed by atoms with Crippen LogP contribution in [0, 0.1) is 5.41 Å². The summed E-state index contributed by atoms with van der Waals surface area (Å²) in [5, 5.41) is 3.41. The smallest absolute Gasteiger partial charge is 0.0552 e. The number of pyridine rings is 1. The first-order valence-corrected chi connectivity index (χ1v) is 6.72. The van der Waals surface area contributed by atoms with Crippen LogP contribution in [0.25, 0.3) is 0 Å². The second-order valence-corrected chi connectivity index (χ2v) is 5.45. The Hall–Kier alpha value is -1.09. The van der Waals surface area contributed by atoms with E-state index in [2.05, 4.69) is 34.3 Å². The average Bonchev–Trinajstić information content (AvgIpc) is 2.37. The number of nitrogens with zero attached hydrogens (tertiary/aromatic N) is 2. The molecule has 0 aromatic carbocycles. The van der Waals surface area contributed by atoms with Gasteiger partial charge in [0, 0.05) is 31.9 Å². The molecule has 2 aliphatic rings. The lowest BCUT2D eigenvalue weighted by atomic mass is 9.73. The Morgan fingerprint density at radius 1 is 1.29 bits per heavy atom. The first kappa shape index (κ1) is 11.0. The molecule has 2 aliphatic heterocycles. The van der Waals surface area contributed by atoms with E-state index in [4.69, 9.17) is 0 Å². The van der Waals surface area contributed by atoms with Gasteiger partial charge in [0.1, 0.15) is 0 Å². The summed E-state index contributed by atoms with van der Waals surface area (Å²) in [5.74, 6) is 0. The molecule has 3 nitrogen and oxygen atoms in total. The van der Waals surface area contributed by atoms with Gasteiger partial charge in [-0.2, -0.15) is 0 Å². The molecule has 2 fully saturated rings. The third-order valence-corrected chi connectivity index (χ3v) is 4.36. The van der Waals surface area contributed by atoms with Gasteiger partial charge >= 0.3 is 0 Å². The lowest BCUT2D eigenvalue weighted by Crippen LogP contribution is -2.58. The molecule has 3 heterocycles. The van der Waals surface area contributed by atoms with Gasteiger partial charge in [0.15, 0.2) is 0 Å². The van der Waals surface area contributed by atoms with E-state index in [0.717, 1.165) is 6.42 Å². The summed E-state index contributed by atoms with van der Waals surface area (Å²) in [6.45, 7) is 6.99. The van der Waals surface area contributed by atoms with Crippen molar-refractivity contribution < 1.29 is 0 Å². The Morgan fingerprint density at radius 3 is 2.53 bits per heavy atom. The van der Waals surface area contributed by atoms with Crippen molar-refractivity contribution >= 4 is 5.69 Å². The van der Waals surface area contributed by atoms with Crippen LogP contribution in [0.5, 0.6) is 0 Å². The summed E-state index contributed by atoms with van der Waals surface area (Å²) in [7, 11) is 0. The Bertz CT molecular complexity index is 371. The topological polar surface area (TPSA) is 28.2 Å². The minimum Gasteiger partial charge on any atom is -0.370 e. The summed E-state index contributed by atoms with van der Waals surface area (Å²) < 4.78 is 0. The van der Waals surface area contributed by atoms with Crippen molar-refractivity contribution in [3.05, 3.63) is 24.0 Å². The number of hydrogen-bond donors (Lipinski definition) is 1. The van der Waals surface area contributed by atoms with Crippen molar-refractivity contribution in [1.82, 2.24) is 10.3 Å². The molecular formula is C14H21N3. The van der Waals surface area contributed by atoms with E-state index >= 15 is 0 Å². The Labute approximate surface area is 103 Å². The van der Waals surface area contributed by atoms with Gasteiger partial charge in [-0.15, -0.1) is 0 Å². The molecule has 1 aromatic heterocycles. The number of aromatic nitrogens is 1. The van der Waals surface area contributed by atoms with Gasteiger partial charge < -0.3 is 10.2 Å². The van der Waals surface area contributed by atoms with Crippen molar-refractivity contribution in [2.45, 2.75) is 26.2 Å². The molecule has 3 rings (SSSR count). The Morgan fingerprint density at radius 2 is 2.06 bits per heavy atom. The van der Waals surface area contributed by atoms with E-state index in [0.29, 0.717) is 5.41 Å². The highest BCUT2D eigenvalue weighted by Gasteiger charge is 2.39. The van der Waals surface area contributed by atoms with E-state index in [1.807, 2.05) is 6.20 Å². The fourth-order valence-electron chi connectivity index (χ4n) is 2.88. The number of hydrogen-bond acceptors (Lipinski definition) is 3. The van der Waals surface area contributed by atoms with Gasteiger partial charge in [-0.05, 0) is 36.8 Å². The highest BCUT2D eigenvalue weighted by atomic mass is 15.2. The van der Waals surface area contributed by atoms with Gasteiger partial charge in [0.2, 0.25) is 0 Å². The molecule has 0 bridgehead atoms. The first-order valence-electron chi connectivity index (χ1n) is 6.72. The molecule has 17 heavy (non-hydrogen) atoms. The second kappa shape index (κ2) is 4.30. The summed E-state index contributed by atoms with van der Waals surface area (Å²) in [6, 6.07) is 4.38. The fraction of sp³-hybridized carbons (Fsp3) is 0.643. The van der Waals surface area contributed by atoms with Crippen LogP contribution < -0.4 is 10.2 Å². The molecule has 1 N–H and O–H groups in total. The predicted molar refractivity (Wildman–Crippen MR) is 70.4 cm³/mol. The quantitative estimate of drug-likeness (QED) is 0.841. The van der Waals surface area contributed by atoms with Gasteiger partial charge in [0.25, 0.3) is 0 Å². The van der Waals surface area contributed by atoms with Crippen LogP contribution in [-0.2, 0) is 6.42 Å².